The zero-order chi connectivity index (χ0) is 13.5. The van der Waals surface area contributed by atoms with Gasteiger partial charge in [-0.1, -0.05) is 24.3 Å². The summed E-state index contributed by atoms with van der Waals surface area (Å²) in [4.78, 5) is 11.1. The third-order valence-corrected chi connectivity index (χ3v) is 3.18. The van der Waals surface area contributed by atoms with Gasteiger partial charge in [-0.25, -0.2) is 0 Å². The highest BCUT2D eigenvalue weighted by molar-refractivity contribution is 5.93. The minimum Gasteiger partial charge on any atom is -0.473 e. The summed E-state index contributed by atoms with van der Waals surface area (Å²) in [7, 11) is 0. The summed E-state index contributed by atoms with van der Waals surface area (Å²) in [6, 6.07) is 7.66. The normalized spacial score (nSPS) is 19.5. The smallest absolute Gasteiger partial charge is 0.198 e. The maximum Gasteiger partial charge on any atom is 0.198 e. The first-order valence-corrected chi connectivity index (χ1v) is 6.77. The van der Waals surface area contributed by atoms with Gasteiger partial charge in [0.2, 0.25) is 0 Å². The summed E-state index contributed by atoms with van der Waals surface area (Å²) in [5, 5.41) is 0. The summed E-state index contributed by atoms with van der Waals surface area (Å²) in [5.74, 6) is 0.0971. The molecule has 0 bridgehead atoms. The molecule has 1 saturated heterocycles. The van der Waals surface area contributed by atoms with E-state index >= 15 is 0 Å². The highest BCUT2D eigenvalue weighted by Gasteiger charge is 2.12. The van der Waals surface area contributed by atoms with Crippen molar-refractivity contribution in [1.82, 2.24) is 0 Å². The number of carbonyl (C=O) groups is 1. The van der Waals surface area contributed by atoms with Gasteiger partial charge in [-0.2, -0.15) is 0 Å². The van der Waals surface area contributed by atoms with Gasteiger partial charge in [0.1, 0.15) is 0 Å². The number of benzene rings is 1. The standard InChI is InChI=1S/C16H20O3/c1-13(17)15-9-7-14(8-10-15)5-4-12-19-16-6-2-3-11-18-16/h4,7-10,12,16H,2-3,5-6,11H2,1H3/b12-4-. The van der Waals surface area contributed by atoms with Crippen molar-refractivity contribution >= 4 is 5.78 Å². The van der Waals surface area contributed by atoms with Crippen LogP contribution < -0.4 is 0 Å². The second-order valence-corrected chi connectivity index (χ2v) is 4.76. The summed E-state index contributed by atoms with van der Waals surface area (Å²) >= 11 is 0. The summed E-state index contributed by atoms with van der Waals surface area (Å²) in [6.07, 6.45) is 7.68. The molecular formula is C16H20O3. The zero-order valence-corrected chi connectivity index (χ0v) is 11.3. The number of hydrogen-bond acceptors (Lipinski definition) is 3. The molecular weight excluding hydrogens is 240 g/mol. The van der Waals surface area contributed by atoms with Gasteiger partial charge in [0.25, 0.3) is 0 Å². The maximum atomic E-state index is 11.1. The molecule has 1 aromatic rings. The Hall–Kier alpha value is -1.61. The first-order chi connectivity index (χ1) is 9.25. The maximum absolute atomic E-state index is 11.1. The van der Waals surface area contributed by atoms with Crippen LogP contribution in [0.25, 0.3) is 0 Å². The predicted molar refractivity (Wildman–Crippen MR) is 74.0 cm³/mol. The number of ketones is 1. The molecule has 0 radical (unpaired) electrons. The first kappa shape index (κ1) is 13.8. The Morgan fingerprint density at radius 1 is 1.37 bits per heavy atom. The van der Waals surface area contributed by atoms with Crippen LogP contribution in [0.4, 0.5) is 0 Å². The molecule has 0 spiro atoms. The van der Waals surface area contributed by atoms with E-state index in [9.17, 15) is 4.79 Å². The Bertz CT molecular complexity index is 428. The monoisotopic (exact) mass is 260 g/mol. The molecule has 1 aliphatic heterocycles. The van der Waals surface area contributed by atoms with Crippen LogP contribution in [0.5, 0.6) is 0 Å². The number of rotatable bonds is 5. The fourth-order valence-electron chi connectivity index (χ4n) is 2.02. The Labute approximate surface area is 114 Å². The topological polar surface area (TPSA) is 35.5 Å². The molecule has 1 aromatic carbocycles. The summed E-state index contributed by atoms with van der Waals surface area (Å²) < 4.78 is 11.0. The lowest BCUT2D eigenvalue weighted by Gasteiger charge is -2.21. The van der Waals surface area contributed by atoms with Crippen molar-refractivity contribution in [3.8, 4) is 0 Å². The van der Waals surface area contributed by atoms with Crippen LogP contribution in [-0.4, -0.2) is 18.7 Å². The van der Waals surface area contributed by atoms with Crippen LogP contribution in [0, 0.1) is 0 Å². The van der Waals surface area contributed by atoms with Crippen LogP contribution in [0.3, 0.4) is 0 Å². The molecule has 102 valence electrons. The molecule has 1 atom stereocenters. The molecule has 1 unspecified atom stereocenters. The van der Waals surface area contributed by atoms with Gasteiger partial charge >= 0.3 is 0 Å². The van der Waals surface area contributed by atoms with E-state index in [4.69, 9.17) is 9.47 Å². The SMILES string of the molecule is CC(=O)c1ccc(C/C=C\OC2CCCCO2)cc1. The van der Waals surface area contributed by atoms with Crippen molar-refractivity contribution < 1.29 is 14.3 Å². The van der Waals surface area contributed by atoms with Gasteiger partial charge in [0.15, 0.2) is 12.1 Å². The molecule has 3 nitrogen and oxygen atoms in total. The molecule has 0 saturated carbocycles. The average molecular weight is 260 g/mol. The average Bonchev–Trinajstić information content (AvgIpc) is 2.45. The van der Waals surface area contributed by atoms with Crippen molar-refractivity contribution in [3.63, 3.8) is 0 Å². The number of carbonyl (C=O) groups excluding carboxylic acids is 1. The van der Waals surface area contributed by atoms with Gasteiger partial charge in [-0.05, 0) is 37.8 Å². The molecule has 0 aliphatic carbocycles. The largest absolute Gasteiger partial charge is 0.473 e. The van der Waals surface area contributed by atoms with Crippen LogP contribution in [0.2, 0.25) is 0 Å². The molecule has 19 heavy (non-hydrogen) atoms. The van der Waals surface area contributed by atoms with Crippen molar-refractivity contribution in [2.45, 2.75) is 38.9 Å². The fraction of sp³-hybridized carbons (Fsp3) is 0.438. The van der Waals surface area contributed by atoms with E-state index in [-0.39, 0.29) is 12.1 Å². The Morgan fingerprint density at radius 2 is 2.16 bits per heavy atom. The molecule has 1 fully saturated rings. The van der Waals surface area contributed by atoms with E-state index in [1.807, 2.05) is 30.3 Å². The van der Waals surface area contributed by atoms with Gasteiger partial charge in [0.05, 0.1) is 12.9 Å². The highest BCUT2D eigenvalue weighted by Crippen LogP contribution is 2.14. The van der Waals surface area contributed by atoms with Crippen LogP contribution in [-0.2, 0) is 15.9 Å². The van der Waals surface area contributed by atoms with E-state index in [0.717, 1.165) is 37.0 Å². The van der Waals surface area contributed by atoms with Gasteiger partial charge in [-0.3, -0.25) is 4.79 Å². The van der Waals surface area contributed by atoms with Gasteiger partial charge in [0, 0.05) is 12.0 Å². The highest BCUT2D eigenvalue weighted by atomic mass is 16.7. The fourth-order valence-corrected chi connectivity index (χ4v) is 2.02. The molecule has 1 heterocycles. The Kier molecular flexibility index (Phi) is 5.16. The quantitative estimate of drug-likeness (QED) is 0.600. The second kappa shape index (κ2) is 7.10. The zero-order valence-electron chi connectivity index (χ0n) is 11.3. The van der Waals surface area contributed by atoms with Crippen LogP contribution in [0.1, 0.15) is 42.1 Å². The van der Waals surface area contributed by atoms with Crippen molar-refractivity contribution in [2.24, 2.45) is 0 Å². The molecule has 0 aromatic heterocycles. The predicted octanol–water partition coefficient (Wildman–Crippen LogP) is 3.49. The minimum atomic E-state index is -0.0786. The lowest BCUT2D eigenvalue weighted by molar-refractivity contribution is -0.129. The minimum absolute atomic E-state index is 0.0786. The Balaban J connectivity index is 1.76. The molecule has 0 N–H and O–H groups in total. The van der Waals surface area contributed by atoms with E-state index in [2.05, 4.69) is 0 Å². The number of ether oxygens (including phenoxy) is 2. The van der Waals surface area contributed by atoms with Crippen LogP contribution >= 0.6 is 0 Å². The number of Topliss-reactive ketones (excluding diaryl/α,β-unsaturated/α-hetero) is 1. The van der Waals surface area contributed by atoms with Crippen molar-refractivity contribution in [3.05, 3.63) is 47.7 Å². The van der Waals surface area contributed by atoms with Crippen LogP contribution in [0.15, 0.2) is 36.6 Å². The summed E-state index contributed by atoms with van der Waals surface area (Å²) in [6.45, 7) is 2.37. The summed E-state index contributed by atoms with van der Waals surface area (Å²) in [5.41, 5.74) is 1.91. The van der Waals surface area contributed by atoms with E-state index in [0.29, 0.717) is 0 Å². The molecule has 0 amide bonds. The second-order valence-electron chi connectivity index (χ2n) is 4.76. The van der Waals surface area contributed by atoms with Gasteiger partial charge in [-0.15, -0.1) is 0 Å². The van der Waals surface area contributed by atoms with Gasteiger partial charge < -0.3 is 9.47 Å². The van der Waals surface area contributed by atoms with E-state index in [1.54, 1.807) is 13.2 Å². The number of allylic oxidation sites excluding steroid dienone is 1. The molecule has 1 aliphatic rings. The first-order valence-electron chi connectivity index (χ1n) is 6.77. The Morgan fingerprint density at radius 3 is 2.79 bits per heavy atom. The van der Waals surface area contributed by atoms with Crippen molar-refractivity contribution in [1.29, 1.82) is 0 Å². The van der Waals surface area contributed by atoms with Crippen molar-refractivity contribution in [2.75, 3.05) is 6.61 Å². The molecule has 3 heteroatoms. The third-order valence-electron chi connectivity index (χ3n) is 3.18. The number of hydrogen-bond donors (Lipinski definition) is 0. The lowest BCUT2D eigenvalue weighted by Crippen LogP contribution is -2.19. The third kappa shape index (κ3) is 4.52. The lowest BCUT2D eigenvalue weighted by atomic mass is 10.1. The van der Waals surface area contributed by atoms with E-state index < -0.39 is 0 Å². The van der Waals surface area contributed by atoms with E-state index in [1.165, 1.54) is 6.42 Å². The molecule has 2 rings (SSSR count).